The monoisotopic (exact) mass is 456 g/mol. The number of hydrogen-bond acceptors (Lipinski definition) is 5. The molecule has 0 spiro atoms. The number of nitrogen functional groups attached to an aromatic ring is 1. The maximum Gasteiger partial charge on any atom is 0.330 e. The van der Waals surface area contributed by atoms with E-state index in [4.69, 9.17) is 33.7 Å². The highest BCUT2D eigenvalue weighted by Gasteiger charge is 2.25. The van der Waals surface area contributed by atoms with Crippen molar-refractivity contribution in [1.82, 2.24) is 9.55 Å². The van der Waals surface area contributed by atoms with Crippen LogP contribution in [0.15, 0.2) is 27.8 Å². The number of nitrogens with one attached hydrogen (secondary N) is 1. The van der Waals surface area contributed by atoms with Gasteiger partial charge in [-0.1, -0.05) is 43.1 Å². The van der Waals surface area contributed by atoms with Crippen molar-refractivity contribution in [3.8, 4) is 0 Å². The van der Waals surface area contributed by atoms with Crippen LogP contribution < -0.4 is 21.9 Å². The van der Waals surface area contributed by atoms with Gasteiger partial charge < -0.3 is 15.4 Å². The Morgan fingerprint density at radius 1 is 1.30 bits per heavy atom. The minimum absolute atomic E-state index is 0.0505. The van der Waals surface area contributed by atoms with Gasteiger partial charge in [0.1, 0.15) is 5.82 Å². The minimum atomic E-state index is -0.717. The quantitative estimate of drug-likeness (QED) is 0.563. The molecular formula is C20H26Cl2N4O4. The zero-order chi connectivity index (χ0) is 22.4. The summed E-state index contributed by atoms with van der Waals surface area (Å²) in [7, 11) is 1.55. The second-order valence-corrected chi connectivity index (χ2v) is 8.15. The van der Waals surface area contributed by atoms with Crippen molar-refractivity contribution >= 4 is 40.6 Å². The number of halogens is 2. The van der Waals surface area contributed by atoms with Crippen LogP contribution in [-0.2, 0) is 22.5 Å². The van der Waals surface area contributed by atoms with E-state index in [0.29, 0.717) is 35.2 Å². The number of nitrogens with two attached hydrogens (primary N) is 1. The van der Waals surface area contributed by atoms with E-state index in [2.05, 4.69) is 4.98 Å². The van der Waals surface area contributed by atoms with Gasteiger partial charge in [0.15, 0.2) is 5.69 Å². The molecule has 3 N–H and O–H groups in total. The second-order valence-electron chi connectivity index (χ2n) is 7.30. The Morgan fingerprint density at radius 2 is 2.00 bits per heavy atom. The number of amides is 1. The average Bonchev–Trinajstić information content (AvgIpc) is 2.65. The summed E-state index contributed by atoms with van der Waals surface area (Å²) >= 11 is 12.1. The highest BCUT2D eigenvalue weighted by atomic mass is 35.5. The number of ether oxygens (including phenoxy) is 1. The first-order chi connectivity index (χ1) is 14.1. The summed E-state index contributed by atoms with van der Waals surface area (Å²) in [5.74, 6) is -0.332. The summed E-state index contributed by atoms with van der Waals surface area (Å²) < 4.78 is 6.34. The topological polar surface area (TPSA) is 110 Å². The number of benzene rings is 1. The van der Waals surface area contributed by atoms with E-state index in [0.717, 1.165) is 0 Å². The first kappa shape index (κ1) is 24.0. The van der Waals surface area contributed by atoms with Gasteiger partial charge in [0, 0.05) is 36.9 Å². The number of methoxy groups -OCH3 is 1. The van der Waals surface area contributed by atoms with Crippen molar-refractivity contribution in [3.63, 3.8) is 0 Å². The maximum atomic E-state index is 13.2. The van der Waals surface area contributed by atoms with Crippen LogP contribution in [0.25, 0.3) is 0 Å². The van der Waals surface area contributed by atoms with Crippen LogP contribution in [0.4, 0.5) is 11.5 Å². The predicted molar refractivity (Wildman–Crippen MR) is 120 cm³/mol. The van der Waals surface area contributed by atoms with Crippen LogP contribution in [0, 0.1) is 5.92 Å². The number of H-pyrrole nitrogens is 1. The summed E-state index contributed by atoms with van der Waals surface area (Å²) in [6.45, 7) is 4.71. The highest BCUT2D eigenvalue weighted by Crippen LogP contribution is 2.24. The van der Waals surface area contributed by atoms with E-state index in [9.17, 15) is 14.4 Å². The molecule has 8 nitrogen and oxygen atoms in total. The Morgan fingerprint density at radius 3 is 2.60 bits per heavy atom. The van der Waals surface area contributed by atoms with E-state index in [1.54, 1.807) is 25.3 Å². The lowest BCUT2D eigenvalue weighted by molar-refractivity contribution is -0.118. The molecule has 0 fully saturated rings. The van der Waals surface area contributed by atoms with E-state index in [-0.39, 0.29) is 36.3 Å². The van der Waals surface area contributed by atoms with E-state index >= 15 is 0 Å². The normalized spacial score (nSPS) is 11.1. The highest BCUT2D eigenvalue weighted by molar-refractivity contribution is 6.35. The summed E-state index contributed by atoms with van der Waals surface area (Å²) in [4.78, 5) is 41.6. The van der Waals surface area contributed by atoms with Gasteiger partial charge in [-0.2, -0.15) is 0 Å². The Labute approximate surface area is 184 Å². The Hall–Kier alpha value is -2.29. The molecule has 10 heteroatoms. The number of carbonyl (C=O) groups is 1. The first-order valence-corrected chi connectivity index (χ1v) is 10.3. The lowest BCUT2D eigenvalue weighted by Gasteiger charge is -2.25. The van der Waals surface area contributed by atoms with Crippen LogP contribution in [-0.4, -0.2) is 35.7 Å². The molecule has 164 valence electrons. The first-order valence-electron chi connectivity index (χ1n) is 9.51. The molecule has 0 saturated heterocycles. The van der Waals surface area contributed by atoms with Crippen LogP contribution in [0.2, 0.25) is 10.0 Å². The van der Waals surface area contributed by atoms with E-state index < -0.39 is 11.2 Å². The molecule has 1 aromatic carbocycles. The van der Waals surface area contributed by atoms with Crippen molar-refractivity contribution in [3.05, 3.63) is 54.6 Å². The van der Waals surface area contributed by atoms with Gasteiger partial charge in [-0.25, -0.2) is 4.79 Å². The van der Waals surface area contributed by atoms with Crippen LogP contribution >= 0.6 is 23.2 Å². The second kappa shape index (κ2) is 10.7. The fraction of sp³-hybridized carbons (Fsp3) is 0.450. The predicted octanol–water partition coefficient (Wildman–Crippen LogP) is 2.69. The van der Waals surface area contributed by atoms with Crippen LogP contribution in [0.1, 0.15) is 25.8 Å². The van der Waals surface area contributed by atoms with Gasteiger partial charge >= 0.3 is 5.69 Å². The van der Waals surface area contributed by atoms with Gasteiger partial charge in [0.05, 0.1) is 6.42 Å². The van der Waals surface area contributed by atoms with Gasteiger partial charge in [-0.3, -0.25) is 19.1 Å². The van der Waals surface area contributed by atoms with E-state index in [1.807, 2.05) is 13.8 Å². The average molecular weight is 457 g/mol. The molecule has 1 amide bonds. The number of rotatable bonds is 9. The van der Waals surface area contributed by atoms with Crippen molar-refractivity contribution in [2.75, 3.05) is 30.9 Å². The van der Waals surface area contributed by atoms with Crippen molar-refractivity contribution < 1.29 is 9.53 Å². The van der Waals surface area contributed by atoms with Gasteiger partial charge in [-0.15, -0.1) is 0 Å². The molecule has 0 atom stereocenters. The minimum Gasteiger partial charge on any atom is -0.385 e. The number of aromatic nitrogens is 2. The number of nitrogens with zero attached hydrogens (tertiary/aromatic N) is 2. The van der Waals surface area contributed by atoms with Crippen LogP contribution in [0.5, 0.6) is 0 Å². The standard InChI is InChI=1S/C20H26Cl2N4O4/c1-12(2)11-26-18(23)17(19(28)24-20(26)29)25(7-4-8-30-3)16(27)9-13-5-6-14(21)10-15(13)22/h5-6,10,12H,4,7-9,11,23H2,1-3H3,(H,24,28,29). The molecule has 0 aliphatic heterocycles. The zero-order valence-corrected chi connectivity index (χ0v) is 18.7. The molecule has 1 aromatic heterocycles. The number of anilines is 2. The fourth-order valence-electron chi connectivity index (χ4n) is 3.04. The molecule has 0 unspecified atom stereocenters. The van der Waals surface area contributed by atoms with Gasteiger partial charge in [-0.05, 0) is 30.0 Å². The molecule has 2 rings (SSSR count). The molecule has 1 heterocycles. The smallest absolute Gasteiger partial charge is 0.330 e. The maximum absolute atomic E-state index is 13.2. The number of carbonyl (C=O) groups excluding carboxylic acids is 1. The molecule has 0 radical (unpaired) electrons. The Balaban J connectivity index is 2.49. The lowest BCUT2D eigenvalue weighted by atomic mass is 10.1. The molecule has 0 aliphatic rings. The zero-order valence-electron chi connectivity index (χ0n) is 17.2. The number of aromatic amines is 1. The van der Waals surface area contributed by atoms with Gasteiger partial charge in [0.2, 0.25) is 5.91 Å². The molecule has 2 aromatic rings. The fourth-order valence-corrected chi connectivity index (χ4v) is 3.51. The number of hydrogen-bond donors (Lipinski definition) is 2. The molecule has 30 heavy (non-hydrogen) atoms. The summed E-state index contributed by atoms with van der Waals surface area (Å²) in [6.07, 6.45) is 0.407. The SMILES string of the molecule is COCCCN(C(=O)Cc1ccc(Cl)cc1Cl)c1c(N)n(CC(C)C)c(=O)[nH]c1=O. The summed E-state index contributed by atoms with van der Waals surface area (Å²) in [5, 5.41) is 0.800. The Kier molecular flexibility index (Phi) is 8.52. The Bertz CT molecular complexity index is 1020. The summed E-state index contributed by atoms with van der Waals surface area (Å²) in [5.41, 5.74) is 5.37. The third-order valence-electron chi connectivity index (χ3n) is 4.42. The largest absolute Gasteiger partial charge is 0.385 e. The van der Waals surface area contributed by atoms with Crippen molar-refractivity contribution in [2.24, 2.45) is 5.92 Å². The summed E-state index contributed by atoms with van der Waals surface area (Å²) in [6, 6.07) is 4.84. The van der Waals surface area contributed by atoms with Crippen molar-refractivity contribution in [1.29, 1.82) is 0 Å². The van der Waals surface area contributed by atoms with Gasteiger partial charge in [0.25, 0.3) is 5.56 Å². The van der Waals surface area contributed by atoms with Crippen LogP contribution in [0.3, 0.4) is 0 Å². The third-order valence-corrected chi connectivity index (χ3v) is 5.01. The third kappa shape index (κ3) is 5.87. The van der Waals surface area contributed by atoms with Crippen molar-refractivity contribution in [2.45, 2.75) is 33.2 Å². The van der Waals surface area contributed by atoms with E-state index in [1.165, 1.54) is 9.47 Å². The molecule has 0 saturated carbocycles. The molecule has 0 aliphatic carbocycles. The lowest BCUT2D eigenvalue weighted by Crippen LogP contribution is -2.42. The molecular weight excluding hydrogens is 431 g/mol. The molecule has 0 bridgehead atoms.